The first-order valence-corrected chi connectivity index (χ1v) is 5.69. The molecule has 0 aliphatic rings. The van der Waals surface area contributed by atoms with Crippen molar-refractivity contribution in [3.8, 4) is 0 Å². The fraction of sp³-hybridized carbons (Fsp3) is 0.417. The van der Waals surface area contributed by atoms with E-state index in [0.717, 1.165) is 6.42 Å². The summed E-state index contributed by atoms with van der Waals surface area (Å²) in [6.07, 6.45) is 0.785. The molecule has 0 fully saturated rings. The second-order valence-corrected chi connectivity index (χ2v) is 3.71. The third kappa shape index (κ3) is 3.97. The summed E-state index contributed by atoms with van der Waals surface area (Å²) in [5.74, 6) is 5.49. The molecule has 0 spiro atoms. The number of hydrazine groups is 1. The molecular weight excluding hydrogens is 235 g/mol. The number of hydrogen-bond donors (Lipinski definition) is 2. The molecule has 0 bridgehead atoms. The van der Waals surface area contributed by atoms with Crippen LogP contribution in [0.2, 0.25) is 0 Å². The zero-order chi connectivity index (χ0) is 13.4. The lowest BCUT2D eigenvalue weighted by atomic mass is 10.3. The molecule has 0 unspecified atom stereocenters. The van der Waals surface area contributed by atoms with E-state index < -0.39 is 0 Å². The van der Waals surface area contributed by atoms with Crippen molar-refractivity contribution in [3.05, 3.63) is 30.1 Å². The summed E-state index contributed by atoms with van der Waals surface area (Å²) in [7, 11) is 3.34. The molecule has 3 N–H and O–H groups in total. The number of nitrogens with zero attached hydrogens (tertiary/aromatic N) is 2. The fourth-order valence-electron chi connectivity index (χ4n) is 1.48. The van der Waals surface area contributed by atoms with Gasteiger partial charge in [0.05, 0.1) is 5.69 Å². The topological polar surface area (TPSA) is 62.9 Å². The van der Waals surface area contributed by atoms with Gasteiger partial charge in [0.1, 0.15) is 5.82 Å². The van der Waals surface area contributed by atoms with Crippen LogP contribution < -0.4 is 16.2 Å². The molecule has 1 aromatic rings. The molecule has 0 aromatic heterocycles. The Morgan fingerprint density at radius 1 is 1.50 bits per heavy atom. The quantitative estimate of drug-likeness (QED) is 0.272. The van der Waals surface area contributed by atoms with Gasteiger partial charge in [0, 0.05) is 27.3 Å². The van der Waals surface area contributed by atoms with Crippen molar-refractivity contribution in [3.63, 3.8) is 0 Å². The number of ether oxygens (including phenoxy) is 1. The lowest BCUT2D eigenvalue weighted by molar-refractivity contribution is 0.197. The average Bonchev–Trinajstić information content (AvgIpc) is 2.39. The van der Waals surface area contributed by atoms with Gasteiger partial charge >= 0.3 is 0 Å². The Hall–Kier alpha value is -1.66. The lowest BCUT2D eigenvalue weighted by Gasteiger charge is -2.21. The first-order valence-electron chi connectivity index (χ1n) is 5.69. The molecule has 1 rings (SSSR count). The number of aliphatic imine (C=N–C) groups is 1. The number of hydrogen-bond acceptors (Lipinski definition) is 3. The number of para-hydroxylation sites is 1. The van der Waals surface area contributed by atoms with Gasteiger partial charge in [-0.1, -0.05) is 12.1 Å². The van der Waals surface area contributed by atoms with Crippen LogP contribution in [0.5, 0.6) is 0 Å². The molecule has 0 atom stereocenters. The molecular formula is C12H19FN4O. The normalized spacial score (nSPS) is 11.4. The minimum Gasteiger partial charge on any atom is -0.385 e. The lowest BCUT2D eigenvalue weighted by Crippen LogP contribution is -2.43. The number of anilines is 1. The third-order valence-electron chi connectivity index (χ3n) is 2.43. The van der Waals surface area contributed by atoms with Crippen molar-refractivity contribution in [2.45, 2.75) is 6.42 Å². The van der Waals surface area contributed by atoms with E-state index in [1.165, 1.54) is 6.07 Å². The Labute approximate surface area is 106 Å². The first-order chi connectivity index (χ1) is 8.70. The van der Waals surface area contributed by atoms with Crippen LogP contribution in [0.1, 0.15) is 6.42 Å². The molecule has 0 amide bonds. The van der Waals surface area contributed by atoms with Gasteiger partial charge < -0.3 is 9.64 Å². The van der Waals surface area contributed by atoms with Crippen molar-refractivity contribution in [2.24, 2.45) is 10.8 Å². The van der Waals surface area contributed by atoms with Crippen molar-refractivity contribution in [1.82, 2.24) is 5.43 Å². The maximum atomic E-state index is 13.6. The van der Waals surface area contributed by atoms with Gasteiger partial charge in [0.2, 0.25) is 5.96 Å². The number of nitrogens with one attached hydrogen (secondary N) is 1. The molecule has 100 valence electrons. The van der Waals surface area contributed by atoms with Crippen LogP contribution in [-0.4, -0.2) is 33.3 Å². The minimum absolute atomic E-state index is 0.320. The van der Waals surface area contributed by atoms with Crippen LogP contribution in [0.3, 0.4) is 0 Å². The number of halogens is 1. The van der Waals surface area contributed by atoms with Crippen molar-refractivity contribution in [2.75, 3.05) is 32.2 Å². The molecule has 0 aliphatic carbocycles. The molecule has 5 nitrogen and oxygen atoms in total. The minimum atomic E-state index is -0.320. The van der Waals surface area contributed by atoms with Crippen molar-refractivity contribution in [1.29, 1.82) is 0 Å². The van der Waals surface area contributed by atoms with Gasteiger partial charge in [-0.25, -0.2) is 10.2 Å². The highest BCUT2D eigenvalue weighted by molar-refractivity contribution is 5.95. The van der Waals surface area contributed by atoms with Crippen molar-refractivity contribution >= 4 is 11.6 Å². The summed E-state index contributed by atoms with van der Waals surface area (Å²) < 4.78 is 18.5. The van der Waals surface area contributed by atoms with Gasteiger partial charge in [-0.15, -0.1) is 0 Å². The van der Waals surface area contributed by atoms with E-state index in [1.807, 2.05) is 0 Å². The molecule has 18 heavy (non-hydrogen) atoms. The van der Waals surface area contributed by atoms with E-state index in [9.17, 15) is 4.39 Å². The smallest absolute Gasteiger partial charge is 0.212 e. The third-order valence-corrected chi connectivity index (χ3v) is 2.43. The summed E-state index contributed by atoms with van der Waals surface area (Å²) in [6, 6.07) is 6.45. The Morgan fingerprint density at radius 3 is 2.83 bits per heavy atom. The SMILES string of the molecule is COCCCN=C(NN)N(C)c1ccccc1F. The van der Waals surface area contributed by atoms with Crippen LogP contribution in [0.15, 0.2) is 29.3 Å². The summed E-state index contributed by atoms with van der Waals surface area (Å²) in [4.78, 5) is 5.83. The van der Waals surface area contributed by atoms with Gasteiger partial charge in [0.15, 0.2) is 0 Å². The second kappa shape index (κ2) is 7.62. The van der Waals surface area contributed by atoms with Gasteiger partial charge in [-0.05, 0) is 18.6 Å². The number of guanidine groups is 1. The first kappa shape index (κ1) is 14.4. The van der Waals surface area contributed by atoms with Crippen LogP contribution in [0, 0.1) is 5.82 Å². The Morgan fingerprint density at radius 2 is 2.22 bits per heavy atom. The molecule has 0 saturated carbocycles. The van der Waals surface area contributed by atoms with Gasteiger partial charge in [0.25, 0.3) is 0 Å². The van der Waals surface area contributed by atoms with E-state index in [4.69, 9.17) is 10.6 Å². The monoisotopic (exact) mass is 254 g/mol. The molecule has 0 saturated heterocycles. The van der Waals surface area contributed by atoms with Crippen molar-refractivity contribution < 1.29 is 9.13 Å². The fourth-order valence-corrected chi connectivity index (χ4v) is 1.48. The summed E-state index contributed by atoms with van der Waals surface area (Å²) in [5.41, 5.74) is 2.89. The molecule has 0 aliphatic heterocycles. The second-order valence-electron chi connectivity index (χ2n) is 3.71. The van der Waals surface area contributed by atoms with Gasteiger partial charge in [-0.2, -0.15) is 0 Å². The highest BCUT2D eigenvalue weighted by atomic mass is 19.1. The highest BCUT2D eigenvalue weighted by Gasteiger charge is 2.11. The Bertz CT molecular complexity index is 397. The number of methoxy groups -OCH3 is 1. The zero-order valence-electron chi connectivity index (χ0n) is 10.7. The standard InChI is InChI=1S/C12H19FN4O/c1-17(11-7-4-3-6-10(11)13)12(16-14)15-8-5-9-18-2/h3-4,6-7H,5,8-9,14H2,1-2H3,(H,15,16). The van der Waals surface area contributed by atoms with E-state index >= 15 is 0 Å². The maximum absolute atomic E-state index is 13.6. The predicted molar refractivity (Wildman–Crippen MR) is 70.9 cm³/mol. The summed E-state index contributed by atoms with van der Waals surface area (Å²) in [5, 5.41) is 0. The van der Waals surface area contributed by atoms with E-state index in [2.05, 4.69) is 10.4 Å². The molecule has 6 heteroatoms. The predicted octanol–water partition coefficient (Wildman–Crippen LogP) is 1.12. The van der Waals surface area contributed by atoms with Crippen LogP contribution >= 0.6 is 0 Å². The van der Waals surface area contributed by atoms with E-state index in [0.29, 0.717) is 24.8 Å². The van der Waals surface area contributed by atoms with Gasteiger partial charge in [-0.3, -0.25) is 10.4 Å². The molecule has 1 aromatic carbocycles. The van der Waals surface area contributed by atoms with Crippen LogP contribution in [0.25, 0.3) is 0 Å². The Balaban J connectivity index is 2.73. The highest BCUT2D eigenvalue weighted by Crippen LogP contribution is 2.16. The van der Waals surface area contributed by atoms with Crippen LogP contribution in [0.4, 0.5) is 10.1 Å². The number of benzene rings is 1. The molecule has 0 radical (unpaired) electrons. The largest absolute Gasteiger partial charge is 0.385 e. The Kier molecular flexibility index (Phi) is 6.10. The maximum Gasteiger partial charge on any atom is 0.212 e. The number of rotatable bonds is 5. The number of nitrogens with two attached hydrogens (primary N) is 1. The van der Waals surface area contributed by atoms with E-state index in [-0.39, 0.29) is 5.82 Å². The average molecular weight is 254 g/mol. The zero-order valence-corrected chi connectivity index (χ0v) is 10.7. The van der Waals surface area contributed by atoms with E-state index in [1.54, 1.807) is 37.3 Å². The summed E-state index contributed by atoms with van der Waals surface area (Å²) >= 11 is 0. The molecule has 0 heterocycles. The summed E-state index contributed by atoms with van der Waals surface area (Å²) in [6.45, 7) is 1.19. The van der Waals surface area contributed by atoms with Crippen LogP contribution in [-0.2, 0) is 4.74 Å².